The van der Waals surface area contributed by atoms with E-state index in [0.29, 0.717) is 21.7 Å². The second-order valence-corrected chi connectivity index (χ2v) is 11.6. The number of hydrogen-bond donors (Lipinski definition) is 0. The molecule has 0 fully saturated rings. The molecule has 0 spiro atoms. The van der Waals surface area contributed by atoms with E-state index in [4.69, 9.17) is 16.3 Å². The first-order valence-corrected chi connectivity index (χ1v) is 10.3. The number of rotatable bonds is 1. The zero-order valence-electron chi connectivity index (χ0n) is 11.5. The number of carbonyl (C=O) groups is 1. The Balaban J connectivity index is 2.30. The van der Waals surface area contributed by atoms with E-state index in [2.05, 4.69) is 24.6 Å². The summed E-state index contributed by atoms with van der Waals surface area (Å²) in [5.74, 6) is 0.0706. The van der Waals surface area contributed by atoms with Crippen molar-refractivity contribution in [2.45, 2.75) is 19.6 Å². The van der Waals surface area contributed by atoms with Gasteiger partial charge in [0.15, 0.2) is 5.76 Å². The van der Waals surface area contributed by atoms with Crippen molar-refractivity contribution in [3.8, 4) is 0 Å². The van der Waals surface area contributed by atoms with E-state index in [1.807, 2.05) is 30.3 Å². The van der Waals surface area contributed by atoms with Gasteiger partial charge in [0.1, 0.15) is 5.69 Å². The number of cyclic esters (lactones) is 1. The van der Waals surface area contributed by atoms with Crippen LogP contribution in [0.25, 0.3) is 16.7 Å². The molecule has 0 saturated heterocycles. The lowest BCUT2D eigenvalue weighted by molar-refractivity contribution is 0.0715. The fourth-order valence-corrected chi connectivity index (χ4v) is 3.11. The minimum absolute atomic E-state index is 0.371. The molecule has 0 bridgehead atoms. The van der Waals surface area contributed by atoms with E-state index >= 15 is 0 Å². The van der Waals surface area contributed by atoms with Crippen molar-refractivity contribution in [2.24, 2.45) is 0 Å². The number of nitrogens with zero attached hydrogens (tertiary/aromatic N) is 1. The average Bonchev–Trinajstić information content (AvgIpc) is 2.71. The molecule has 1 aromatic heterocycles. The van der Waals surface area contributed by atoms with Gasteiger partial charge in [-0.1, -0.05) is 49.4 Å². The quantitative estimate of drug-likeness (QED) is 0.586. The molecule has 20 heavy (non-hydrogen) atoms. The van der Waals surface area contributed by atoms with E-state index in [1.54, 1.807) is 0 Å². The predicted octanol–water partition coefficient (Wildman–Crippen LogP) is 4.19. The Hall–Kier alpha value is -1.65. The molecule has 3 rings (SSSR count). The van der Waals surface area contributed by atoms with Gasteiger partial charge in [-0.3, -0.25) is 0 Å². The zero-order chi connectivity index (χ0) is 14.5. The van der Waals surface area contributed by atoms with Crippen molar-refractivity contribution >= 4 is 42.3 Å². The third-order valence-corrected chi connectivity index (χ3v) is 6.63. The van der Waals surface area contributed by atoms with Gasteiger partial charge in [0, 0.05) is 10.0 Å². The number of carbonyl (C=O) groups excluding carboxylic acids is 1. The summed E-state index contributed by atoms with van der Waals surface area (Å²) in [7, 11) is -1.76. The van der Waals surface area contributed by atoms with Gasteiger partial charge in [-0.25, -0.2) is 9.78 Å². The maximum atomic E-state index is 12.0. The Morgan fingerprint density at radius 1 is 1.25 bits per heavy atom. The van der Waals surface area contributed by atoms with Gasteiger partial charge < -0.3 is 4.74 Å². The molecule has 2 aromatic rings. The van der Waals surface area contributed by atoms with Crippen LogP contribution in [0, 0.1) is 0 Å². The first-order valence-electron chi connectivity index (χ1n) is 6.40. The van der Waals surface area contributed by atoms with Gasteiger partial charge in [-0.15, -0.1) is 0 Å². The smallest absolute Gasteiger partial charge is 0.346 e. The molecular formula is C15H14ClNO2Si. The molecule has 1 aliphatic heterocycles. The predicted molar refractivity (Wildman–Crippen MR) is 83.3 cm³/mol. The SMILES string of the molecule is C[Si](C)(C)/C(Cl)=C1/OC(=O)c2cc3ccccc3nc21. The topological polar surface area (TPSA) is 39.2 Å². The highest BCUT2D eigenvalue weighted by atomic mass is 35.5. The third kappa shape index (κ3) is 2.05. The number of esters is 1. The first-order chi connectivity index (χ1) is 9.38. The summed E-state index contributed by atoms with van der Waals surface area (Å²) in [6, 6.07) is 9.50. The van der Waals surface area contributed by atoms with Crippen LogP contribution in [0.1, 0.15) is 16.1 Å². The number of para-hydroxylation sites is 1. The number of ether oxygens (including phenoxy) is 1. The average molecular weight is 304 g/mol. The highest BCUT2D eigenvalue weighted by Crippen LogP contribution is 2.37. The molecule has 2 heterocycles. The van der Waals surface area contributed by atoms with Crippen LogP contribution in [0.15, 0.2) is 35.0 Å². The summed E-state index contributed by atoms with van der Waals surface area (Å²) in [5.41, 5.74) is 1.90. The fourth-order valence-electron chi connectivity index (χ4n) is 2.13. The maximum Gasteiger partial charge on any atom is 0.346 e. The lowest BCUT2D eigenvalue weighted by Crippen LogP contribution is -2.22. The summed E-state index contributed by atoms with van der Waals surface area (Å²) in [4.78, 5) is 16.6. The van der Waals surface area contributed by atoms with E-state index in [0.717, 1.165) is 10.9 Å². The van der Waals surface area contributed by atoms with E-state index in [-0.39, 0.29) is 5.97 Å². The van der Waals surface area contributed by atoms with E-state index < -0.39 is 8.07 Å². The largest absolute Gasteiger partial charge is 0.420 e. The van der Waals surface area contributed by atoms with Crippen LogP contribution in [0.3, 0.4) is 0 Å². The molecule has 5 heteroatoms. The minimum Gasteiger partial charge on any atom is -0.420 e. The highest BCUT2D eigenvalue weighted by molar-refractivity contribution is 6.92. The van der Waals surface area contributed by atoms with Gasteiger partial charge in [0.2, 0.25) is 0 Å². The number of fused-ring (bicyclic) bond motifs is 2. The van der Waals surface area contributed by atoms with Gasteiger partial charge in [0.05, 0.1) is 19.2 Å². The summed E-state index contributed by atoms with van der Waals surface area (Å²) in [5, 5.41) is 0.925. The Labute approximate surface area is 123 Å². The lowest BCUT2D eigenvalue weighted by Gasteiger charge is -2.16. The molecule has 0 unspecified atom stereocenters. The van der Waals surface area contributed by atoms with Gasteiger partial charge in [0.25, 0.3) is 0 Å². The van der Waals surface area contributed by atoms with Crippen molar-refractivity contribution in [3.05, 3.63) is 46.2 Å². The Kier molecular flexibility index (Phi) is 2.95. The van der Waals surface area contributed by atoms with E-state index in [1.165, 1.54) is 0 Å². The Morgan fingerprint density at radius 2 is 1.95 bits per heavy atom. The summed E-state index contributed by atoms with van der Waals surface area (Å²) in [6.07, 6.45) is 0. The third-order valence-electron chi connectivity index (χ3n) is 3.21. The molecule has 0 amide bonds. The van der Waals surface area contributed by atoms with Crippen molar-refractivity contribution in [1.29, 1.82) is 0 Å². The van der Waals surface area contributed by atoms with Crippen LogP contribution in [0.5, 0.6) is 0 Å². The van der Waals surface area contributed by atoms with Crippen LogP contribution in [0.4, 0.5) is 0 Å². The molecule has 0 N–H and O–H groups in total. The lowest BCUT2D eigenvalue weighted by atomic mass is 10.1. The first kappa shape index (κ1) is 13.3. The Morgan fingerprint density at radius 3 is 2.65 bits per heavy atom. The molecule has 1 aromatic carbocycles. The minimum atomic E-state index is -1.76. The molecule has 0 atom stereocenters. The molecule has 3 nitrogen and oxygen atoms in total. The molecule has 0 saturated carbocycles. The van der Waals surface area contributed by atoms with E-state index in [9.17, 15) is 4.79 Å². The van der Waals surface area contributed by atoms with Crippen LogP contribution in [0.2, 0.25) is 19.6 Å². The van der Waals surface area contributed by atoms with Crippen LogP contribution < -0.4 is 0 Å². The highest BCUT2D eigenvalue weighted by Gasteiger charge is 2.34. The van der Waals surface area contributed by atoms with Crippen LogP contribution in [-0.2, 0) is 4.74 Å². The number of hydrogen-bond acceptors (Lipinski definition) is 3. The van der Waals surface area contributed by atoms with Gasteiger partial charge in [-0.2, -0.15) is 0 Å². The summed E-state index contributed by atoms with van der Waals surface area (Å²) >= 11 is 6.43. The number of benzene rings is 1. The molecular weight excluding hydrogens is 290 g/mol. The van der Waals surface area contributed by atoms with Crippen LogP contribution >= 0.6 is 11.6 Å². The van der Waals surface area contributed by atoms with Crippen molar-refractivity contribution < 1.29 is 9.53 Å². The normalized spacial score (nSPS) is 17.1. The van der Waals surface area contributed by atoms with Crippen molar-refractivity contribution in [2.75, 3.05) is 0 Å². The number of aromatic nitrogens is 1. The van der Waals surface area contributed by atoms with Gasteiger partial charge >= 0.3 is 5.97 Å². The monoisotopic (exact) mass is 303 g/mol. The summed E-state index contributed by atoms with van der Waals surface area (Å²) in [6.45, 7) is 6.32. The van der Waals surface area contributed by atoms with Crippen LogP contribution in [-0.4, -0.2) is 19.0 Å². The Bertz CT molecular complexity index is 762. The molecule has 102 valence electrons. The number of pyridine rings is 1. The van der Waals surface area contributed by atoms with Crippen molar-refractivity contribution in [1.82, 2.24) is 4.98 Å². The molecule has 1 aliphatic rings. The number of halogens is 1. The fraction of sp³-hybridized carbons (Fsp3) is 0.200. The second-order valence-electron chi connectivity index (χ2n) is 5.86. The maximum absolute atomic E-state index is 12.0. The summed E-state index contributed by atoms with van der Waals surface area (Å²) < 4.78 is 6.02. The zero-order valence-corrected chi connectivity index (χ0v) is 13.3. The second kappa shape index (κ2) is 4.43. The van der Waals surface area contributed by atoms with Crippen molar-refractivity contribution in [3.63, 3.8) is 0 Å². The molecule has 0 radical (unpaired) electrons. The standard InChI is InChI=1S/C15H14ClNO2Si/c1-20(2,3)14(16)13-12-10(15(18)19-13)8-9-6-4-5-7-11(9)17-12/h4-8H,1-3H3/b14-13+. The van der Waals surface area contributed by atoms with Gasteiger partial charge in [-0.05, 0) is 12.1 Å². The molecule has 0 aliphatic carbocycles.